The minimum Gasteiger partial charge on any atom is -0.302 e. The molecule has 3 rings (SSSR count). The van der Waals surface area contributed by atoms with E-state index in [4.69, 9.17) is 34.8 Å². The van der Waals surface area contributed by atoms with Crippen molar-refractivity contribution >= 4 is 46.5 Å². The molecular weight excluding hydrogens is 385 g/mol. The molecule has 1 aromatic carbocycles. The lowest BCUT2D eigenvalue weighted by Gasteiger charge is -2.06. The predicted molar refractivity (Wildman–Crippen MR) is 98.7 cm³/mol. The van der Waals surface area contributed by atoms with E-state index in [1.54, 1.807) is 46.9 Å². The number of nitrogens with zero attached hydrogens (tertiary/aromatic N) is 4. The Bertz CT molecular complexity index is 908. The number of hydrogen-bond donors (Lipinski definition) is 1. The number of amides is 1. The molecule has 6 nitrogen and oxygen atoms in total. The molecule has 0 bridgehead atoms. The summed E-state index contributed by atoms with van der Waals surface area (Å²) in [6.45, 7) is 2.19. The van der Waals surface area contributed by atoms with Gasteiger partial charge in [0.2, 0.25) is 0 Å². The normalized spacial score (nSPS) is 10.9. The average Bonchev–Trinajstić information content (AvgIpc) is 3.06. The number of benzene rings is 1. The summed E-state index contributed by atoms with van der Waals surface area (Å²) in [5.41, 5.74) is 1.89. The zero-order valence-electron chi connectivity index (χ0n) is 13.4. The number of halogens is 3. The smallest absolute Gasteiger partial charge is 0.277 e. The van der Waals surface area contributed by atoms with E-state index in [9.17, 15) is 4.79 Å². The van der Waals surface area contributed by atoms with Crippen molar-refractivity contribution in [3.63, 3.8) is 0 Å². The van der Waals surface area contributed by atoms with Crippen LogP contribution in [0.2, 0.25) is 15.1 Å². The number of rotatable bonds is 4. The molecule has 0 radical (unpaired) electrons. The van der Waals surface area contributed by atoms with Gasteiger partial charge in [0.25, 0.3) is 5.91 Å². The van der Waals surface area contributed by atoms with Crippen molar-refractivity contribution in [2.45, 2.75) is 13.5 Å². The Morgan fingerprint density at radius 1 is 1.16 bits per heavy atom. The van der Waals surface area contributed by atoms with Crippen molar-refractivity contribution in [3.05, 3.63) is 62.5 Å². The van der Waals surface area contributed by atoms with Gasteiger partial charge in [0, 0.05) is 34.5 Å². The van der Waals surface area contributed by atoms with Crippen LogP contribution in [0.4, 0.5) is 5.82 Å². The van der Waals surface area contributed by atoms with Gasteiger partial charge in [0.15, 0.2) is 11.5 Å². The van der Waals surface area contributed by atoms with E-state index < -0.39 is 0 Å². The molecule has 1 N–H and O–H groups in total. The molecule has 0 aliphatic carbocycles. The van der Waals surface area contributed by atoms with E-state index >= 15 is 0 Å². The van der Waals surface area contributed by atoms with E-state index in [0.717, 1.165) is 11.3 Å². The van der Waals surface area contributed by atoms with Gasteiger partial charge < -0.3 is 5.32 Å². The Labute approximate surface area is 159 Å². The third-order valence-electron chi connectivity index (χ3n) is 3.68. The van der Waals surface area contributed by atoms with Crippen LogP contribution in [0.25, 0.3) is 0 Å². The van der Waals surface area contributed by atoms with Crippen molar-refractivity contribution in [1.29, 1.82) is 0 Å². The zero-order valence-corrected chi connectivity index (χ0v) is 15.7. The Morgan fingerprint density at radius 2 is 1.84 bits per heavy atom. The van der Waals surface area contributed by atoms with Crippen LogP contribution >= 0.6 is 34.8 Å². The van der Waals surface area contributed by atoms with Gasteiger partial charge in [0.05, 0.1) is 6.54 Å². The lowest BCUT2D eigenvalue weighted by Crippen LogP contribution is -2.14. The molecule has 0 aliphatic rings. The van der Waals surface area contributed by atoms with Gasteiger partial charge in [0.1, 0.15) is 5.02 Å². The minimum absolute atomic E-state index is 0.248. The van der Waals surface area contributed by atoms with Crippen LogP contribution in [0.5, 0.6) is 0 Å². The molecule has 0 aliphatic heterocycles. The first kappa shape index (κ1) is 17.8. The summed E-state index contributed by atoms with van der Waals surface area (Å²) >= 11 is 18.5. The van der Waals surface area contributed by atoms with Crippen molar-refractivity contribution in [2.24, 2.45) is 7.05 Å². The van der Waals surface area contributed by atoms with Gasteiger partial charge in [-0.3, -0.25) is 14.2 Å². The van der Waals surface area contributed by atoms with Crippen LogP contribution < -0.4 is 5.32 Å². The third-order valence-corrected chi connectivity index (χ3v) is 4.66. The molecule has 2 heterocycles. The minimum atomic E-state index is -0.383. The fraction of sp³-hybridized carbons (Fsp3) is 0.188. The second-order valence-electron chi connectivity index (χ2n) is 5.47. The highest BCUT2D eigenvalue weighted by Crippen LogP contribution is 2.27. The fourth-order valence-electron chi connectivity index (χ4n) is 2.25. The summed E-state index contributed by atoms with van der Waals surface area (Å²) in [6.07, 6.45) is 1.60. The summed E-state index contributed by atoms with van der Waals surface area (Å²) < 4.78 is 3.18. The maximum atomic E-state index is 12.3. The molecule has 1 amide bonds. The molecule has 9 heteroatoms. The van der Waals surface area contributed by atoms with Crippen molar-refractivity contribution in [3.8, 4) is 0 Å². The first-order chi connectivity index (χ1) is 11.8. The van der Waals surface area contributed by atoms with Gasteiger partial charge in [-0.25, -0.2) is 0 Å². The zero-order chi connectivity index (χ0) is 18.1. The van der Waals surface area contributed by atoms with Crippen LogP contribution in [0.1, 0.15) is 21.7 Å². The number of aromatic nitrogens is 4. The molecule has 2 aromatic heterocycles. The fourth-order valence-corrected chi connectivity index (χ4v) is 2.97. The van der Waals surface area contributed by atoms with E-state index in [-0.39, 0.29) is 11.7 Å². The van der Waals surface area contributed by atoms with E-state index in [1.807, 2.05) is 6.92 Å². The first-order valence-corrected chi connectivity index (χ1v) is 8.46. The van der Waals surface area contributed by atoms with Crippen LogP contribution in [0.3, 0.4) is 0 Å². The van der Waals surface area contributed by atoms with E-state index in [0.29, 0.717) is 27.3 Å². The van der Waals surface area contributed by atoms with Crippen molar-refractivity contribution in [1.82, 2.24) is 19.6 Å². The van der Waals surface area contributed by atoms with Crippen LogP contribution in [0, 0.1) is 6.92 Å². The predicted octanol–water partition coefficient (Wildman–Crippen LogP) is 4.19. The van der Waals surface area contributed by atoms with Crippen molar-refractivity contribution < 1.29 is 4.79 Å². The molecule has 3 aromatic rings. The number of anilines is 1. The molecule has 0 saturated carbocycles. The van der Waals surface area contributed by atoms with Gasteiger partial charge in [-0.1, -0.05) is 40.9 Å². The third kappa shape index (κ3) is 3.81. The highest BCUT2D eigenvalue weighted by molar-refractivity contribution is 6.36. The van der Waals surface area contributed by atoms with Gasteiger partial charge >= 0.3 is 0 Å². The maximum absolute atomic E-state index is 12.3. The topological polar surface area (TPSA) is 64.7 Å². The number of carbonyl (C=O) groups excluding carboxylic acids is 1. The lowest BCUT2D eigenvalue weighted by molar-refractivity contribution is 0.102. The first-order valence-electron chi connectivity index (χ1n) is 7.33. The van der Waals surface area contributed by atoms with Gasteiger partial charge in [-0.2, -0.15) is 10.2 Å². The highest BCUT2D eigenvalue weighted by atomic mass is 35.5. The summed E-state index contributed by atoms with van der Waals surface area (Å²) in [4.78, 5) is 12.3. The number of carbonyl (C=O) groups is 1. The SMILES string of the molecule is Cc1cc(C(=O)Nc2nn(Cc3c(Cl)cccc3Cl)cc2Cl)nn1C. The average molecular weight is 399 g/mol. The molecule has 0 spiro atoms. The molecule has 0 unspecified atom stereocenters. The van der Waals surface area contributed by atoms with Gasteiger partial charge in [-0.15, -0.1) is 0 Å². The lowest BCUT2D eigenvalue weighted by atomic mass is 10.2. The molecular formula is C16H14Cl3N5O. The van der Waals surface area contributed by atoms with Crippen LogP contribution in [0.15, 0.2) is 30.5 Å². The highest BCUT2D eigenvalue weighted by Gasteiger charge is 2.16. The summed E-state index contributed by atoms with van der Waals surface area (Å²) in [5, 5.41) is 12.4. The van der Waals surface area contributed by atoms with Crippen molar-refractivity contribution in [2.75, 3.05) is 5.32 Å². The molecule has 0 fully saturated rings. The van der Waals surface area contributed by atoms with Crippen LogP contribution in [-0.2, 0) is 13.6 Å². The van der Waals surface area contributed by atoms with Gasteiger partial charge in [-0.05, 0) is 25.1 Å². The standard InChI is InChI=1S/C16H14Cl3N5O/c1-9-6-14(21-23(9)2)16(25)20-15-13(19)8-24(22-15)7-10-11(17)4-3-5-12(10)18/h3-6,8H,7H2,1-2H3,(H,20,22,25). The summed E-state index contributed by atoms with van der Waals surface area (Å²) in [6, 6.07) is 6.95. The Balaban J connectivity index is 1.79. The number of aryl methyl sites for hydroxylation is 2. The van der Waals surface area contributed by atoms with Crippen LogP contribution in [-0.4, -0.2) is 25.5 Å². The monoisotopic (exact) mass is 397 g/mol. The Hall–Kier alpha value is -2.02. The summed E-state index contributed by atoms with van der Waals surface area (Å²) in [5.74, 6) is -0.134. The molecule has 0 saturated heterocycles. The van der Waals surface area contributed by atoms with E-state index in [1.165, 1.54) is 0 Å². The Kier molecular flexibility index (Phi) is 5.03. The largest absolute Gasteiger partial charge is 0.302 e. The number of hydrogen-bond acceptors (Lipinski definition) is 3. The second-order valence-corrected chi connectivity index (χ2v) is 6.69. The van der Waals surface area contributed by atoms with E-state index in [2.05, 4.69) is 15.5 Å². The molecule has 25 heavy (non-hydrogen) atoms. The maximum Gasteiger partial charge on any atom is 0.277 e. The summed E-state index contributed by atoms with van der Waals surface area (Å²) in [7, 11) is 1.77. The molecule has 0 atom stereocenters. The molecule has 130 valence electrons. The second kappa shape index (κ2) is 7.07. The Morgan fingerprint density at radius 3 is 2.44 bits per heavy atom. The quantitative estimate of drug-likeness (QED) is 0.717. The number of nitrogens with one attached hydrogen (secondary N) is 1.